The summed E-state index contributed by atoms with van der Waals surface area (Å²) in [6.07, 6.45) is 14.8. The van der Waals surface area contributed by atoms with Crippen LogP contribution in [0.3, 0.4) is 0 Å². The van der Waals surface area contributed by atoms with Gasteiger partial charge in [-0.05, 0) is 69.6 Å². The highest BCUT2D eigenvalue weighted by molar-refractivity contribution is 6.00. The fourth-order valence-corrected chi connectivity index (χ4v) is 6.14. The fraction of sp³-hybridized carbons (Fsp3) is 0.533. The molecule has 1 N–H and O–H groups in total. The number of rotatable bonds is 6. The van der Waals surface area contributed by atoms with Crippen LogP contribution in [0.25, 0.3) is 11.3 Å². The Labute approximate surface area is 209 Å². The Morgan fingerprint density at radius 3 is 2.43 bits per heavy atom. The molecule has 2 aliphatic carbocycles. The zero-order valence-corrected chi connectivity index (χ0v) is 21.1. The second-order valence-electron chi connectivity index (χ2n) is 10.8. The highest BCUT2D eigenvalue weighted by Gasteiger charge is 2.48. The van der Waals surface area contributed by atoms with Crippen molar-refractivity contribution in [2.24, 2.45) is 0 Å². The van der Waals surface area contributed by atoms with E-state index in [9.17, 15) is 9.59 Å². The molecule has 0 radical (unpaired) electrons. The predicted molar refractivity (Wildman–Crippen MR) is 140 cm³/mol. The van der Waals surface area contributed by atoms with Gasteiger partial charge in [-0.25, -0.2) is 0 Å². The van der Waals surface area contributed by atoms with Gasteiger partial charge in [0.2, 0.25) is 5.91 Å². The maximum absolute atomic E-state index is 14.0. The minimum Gasteiger partial charge on any atom is -0.351 e. The van der Waals surface area contributed by atoms with Crippen LogP contribution in [0.15, 0.2) is 54.1 Å². The highest BCUT2D eigenvalue weighted by atomic mass is 16.2. The third-order valence-electron chi connectivity index (χ3n) is 8.30. The van der Waals surface area contributed by atoms with Gasteiger partial charge in [0.1, 0.15) is 11.2 Å². The molecule has 5 heteroatoms. The molecule has 0 saturated heterocycles. The molecule has 0 bridgehead atoms. The molecule has 1 saturated carbocycles. The molecule has 186 valence electrons. The lowest BCUT2D eigenvalue weighted by Crippen LogP contribution is -2.65. The maximum Gasteiger partial charge on any atom is 0.271 e. The lowest BCUT2D eigenvalue weighted by atomic mass is 9.91. The summed E-state index contributed by atoms with van der Waals surface area (Å²) in [5.74, 6) is -0.0397. The van der Waals surface area contributed by atoms with E-state index in [1.807, 2.05) is 42.2 Å². The zero-order chi connectivity index (χ0) is 24.3. The Kier molecular flexibility index (Phi) is 7.12. The minimum absolute atomic E-state index is 0.00580. The maximum atomic E-state index is 14.0. The van der Waals surface area contributed by atoms with Crippen molar-refractivity contribution >= 4 is 11.8 Å². The summed E-state index contributed by atoms with van der Waals surface area (Å²) in [4.78, 5) is 29.7. The van der Waals surface area contributed by atoms with Gasteiger partial charge >= 0.3 is 0 Å². The first kappa shape index (κ1) is 23.9. The van der Waals surface area contributed by atoms with Crippen molar-refractivity contribution in [3.8, 4) is 11.3 Å². The van der Waals surface area contributed by atoms with E-state index in [-0.39, 0.29) is 17.9 Å². The molecule has 1 aromatic carbocycles. The van der Waals surface area contributed by atoms with E-state index >= 15 is 0 Å². The van der Waals surface area contributed by atoms with Gasteiger partial charge in [-0.15, -0.1) is 0 Å². The van der Waals surface area contributed by atoms with E-state index in [2.05, 4.69) is 28.1 Å². The third kappa shape index (κ3) is 4.96. The molecule has 5 rings (SSSR count). The summed E-state index contributed by atoms with van der Waals surface area (Å²) < 4.78 is 2.07. The van der Waals surface area contributed by atoms with Gasteiger partial charge in [-0.2, -0.15) is 0 Å². The smallest absolute Gasteiger partial charge is 0.271 e. The predicted octanol–water partition coefficient (Wildman–Crippen LogP) is 6.10. The van der Waals surface area contributed by atoms with Crippen LogP contribution in [-0.2, 0) is 11.3 Å². The number of carbonyl (C=O) groups is 2. The molecule has 3 aliphatic rings. The van der Waals surface area contributed by atoms with Gasteiger partial charge in [0, 0.05) is 18.3 Å². The van der Waals surface area contributed by atoms with Crippen LogP contribution in [0, 0.1) is 0 Å². The molecule has 1 atom stereocenters. The molecule has 1 fully saturated rings. The average molecular weight is 474 g/mol. The van der Waals surface area contributed by atoms with Gasteiger partial charge in [0.05, 0.1) is 6.54 Å². The number of hydrogen-bond acceptors (Lipinski definition) is 2. The monoisotopic (exact) mass is 473 g/mol. The first-order valence-corrected chi connectivity index (χ1v) is 13.6. The lowest BCUT2D eigenvalue weighted by molar-refractivity contribution is -0.133. The van der Waals surface area contributed by atoms with E-state index < -0.39 is 5.54 Å². The Bertz CT molecular complexity index is 1080. The topological polar surface area (TPSA) is 54.3 Å². The number of fused-ring (bicyclic) bond motifs is 1. The fourth-order valence-electron chi connectivity index (χ4n) is 6.14. The second kappa shape index (κ2) is 10.4. The quantitative estimate of drug-likeness (QED) is 0.407. The molecule has 2 aromatic rings. The Balaban J connectivity index is 1.46. The van der Waals surface area contributed by atoms with Crippen LogP contribution in [-0.4, -0.2) is 39.4 Å². The van der Waals surface area contributed by atoms with E-state index in [0.29, 0.717) is 18.8 Å². The molecule has 5 nitrogen and oxygen atoms in total. The van der Waals surface area contributed by atoms with Crippen molar-refractivity contribution in [2.75, 3.05) is 6.54 Å². The van der Waals surface area contributed by atoms with Gasteiger partial charge in [-0.1, -0.05) is 67.7 Å². The van der Waals surface area contributed by atoms with Crippen molar-refractivity contribution in [3.63, 3.8) is 0 Å². The van der Waals surface area contributed by atoms with E-state index in [1.54, 1.807) is 0 Å². The molecule has 35 heavy (non-hydrogen) atoms. The molecule has 1 aliphatic heterocycles. The molecule has 1 aromatic heterocycles. The summed E-state index contributed by atoms with van der Waals surface area (Å²) in [5.41, 5.74) is 3.26. The molecular weight excluding hydrogens is 434 g/mol. The van der Waals surface area contributed by atoms with E-state index in [4.69, 9.17) is 0 Å². The van der Waals surface area contributed by atoms with E-state index in [1.165, 1.54) is 44.1 Å². The highest BCUT2D eigenvalue weighted by Crippen LogP contribution is 2.34. The number of hydrogen-bond donors (Lipinski definition) is 1. The van der Waals surface area contributed by atoms with Crippen LogP contribution in [0.4, 0.5) is 0 Å². The number of carbonyl (C=O) groups excluding carboxylic acids is 2. The van der Waals surface area contributed by atoms with Crippen LogP contribution in [0.2, 0.25) is 0 Å². The summed E-state index contributed by atoms with van der Waals surface area (Å²) >= 11 is 0. The minimum atomic E-state index is -0.922. The van der Waals surface area contributed by atoms with Crippen LogP contribution in [0.1, 0.15) is 88.0 Å². The van der Waals surface area contributed by atoms with Crippen LogP contribution < -0.4 is 5.32 Å². The first-order chi connectivity index (χ1) is 17.1. The summed E-state index contributed by atoms with van der Waals surface area (Å²) in [6.45, 7) is 3.04. The van der Waals surface area contributed by atoms with Crippen LogP contribution >= 0.6 is 0 Å². The average Bonchev–Trinajstić information content (AvgIpc) is 3.13. The normalized spacial score (nSPS) is 23.4. The third-order valence-corrected chi connectivity index (χ3v) is 8.30. The van der Waals surface area contributed by atoms with Gasteiger partial charge in [0.15, 0.2) is 0 Å². The van der Waals surface area contributed by atoms with Gasteiger partial charge < -0.3 is 14.8 Å². The Morgan fingerprint density at radius 1 is 0.971 bits per heavy atom. The van der Waals surface area contributed by atoms with Crippen LogP contribution in [0.5, 0.6) is 0 Å². The molecular formula is C30H39N3O2. The van der Waals surface area contributed by atoms with Gasteiger partial charge in [0.25, 0.3) is 5.91 Å². The number of aromatic nitrogens is 1. The van der Waals surface area contributed by atoms with Crippen molar-refractivity contribution < 1.29 is 9.59 Å². The Hall–Kier alpha value is -2.82. The largest absolute Gasteiger partial charge is 0.351 e. The number of amides is 2. The first-order valence-electron chi connectivity index (χ1n) is 13.6. The number of nitrogens with one attached hydrogen (secondary N) is 1. The molecule has 2 amide bonds. The molecule has 2 heterocycles. The number of nitrogens with zero attached hydrogens (tertiary/aromatic N) is 2. The van der Waals surface area contributed by atoms with Crippen molar-refractivity contribution in [2.45, 2.75) is 95.7 Å². The number of allylic oxidation sites excluding steroid dienone is 1. The molecule has 0 spiro atoms. The number of benzene rings is 1. The lowest BCUT2D eigenvalue weighted by Gasteiger charge is -2.45. The second-order valence-corrected chi connectivity index (χ2v) is 10.8. The molecule has 1 unspecified atom stereocenters. The van der Waals surface area contributed by atoms with Crippen molar-refractivity contribution in [1.29, 1.82) is 0 Å². The summed E-state index contributed by atoms with van der Waals surface area (Å²) in [6, 6.07) is 14.3. The van der Waals surface area contributed by atoms with Gasteiger partial charge in [-0.3, -0.25) is 9.59 Å². The SMILES string of the molecule is CC1(C(=O)NC2CCCCCC2)Cn2c(ccc2-c2ccccc2)C(=O)N1CCC1=CCCCC1. The zero-order valence-electron chi connectivity index (χ0n) is 21.1. The van der Waals surface area contributed by atoms with Crippen molar-refractivity contribution in [1.82, 2.24) is 14.8 Å². The Morgan fingerprint density at radius 2 is 1.71 bits per heavy atom. The van der Waals surface area contributed by atoms with Crippen molar-refractivity contribution in [3.05, 3.63) is 59.8 Å². The standard InChI is InChI=1S/C30H39N3O2/c1-30(29(35)31-25-16-10-2-3-11-17-25)22-32-26(24-14-8-5-9-15-24)18-19-27(32)28(34)33(30)21-20-23-12-6-4-7-13-23/h5,8-9,12,14-15,18-19,25H,2-4,6-7,10-11,13,16-17,20-22H2,1H3,(H,31,35). The van der Waals surface area contributed by atoms with E-state index in [0.717, 1.165) is 43.4 Å². The summed E-state index contributed by atoms with van der Waals surface area (Å²) in [7, 11) is 0. The summed E-state index contributed by atoms with van der Waals surface area (Å²) in [5, 5.41) is 3.38.